The summed E-state index contributed by atoms with van der Waals surface area (Å²) in [4.78, 5) is 29.4. The zero-order valence-corrected chi connectivity index (χ0v) is 21.1. The molecule has 1 fully saturated rings. The highest BCUT2D eigenvalue weighted by Gasteiger charge is 2.19. The lowest BCUT2D eigenvalue weighted by atomic mass is 10.2. The van der Waals surface area contributed by atoms with Crippen LogP contribution in [0.2, 0.25) is 0 Å². The van der Waals surface area contributed by atoms with Crippen molar-refractivity contribution in [3.63, 3.8) is 0 Å². The fourth-order valence-electron chi connectivity index (χ4n) is 4.39. The van der Waals surface area contributed by atoms with Gasteiger partial charge in [0.1, 0.15) is 17.7 Å². The number of aromatic nitrogens is 4. The van der Waals surface area contributed by atoms with Gasteiger partial charge in [0, 0.05) is 51.2 Å². The molecular weight excluding hydrogens is 487 g/mol. The Balaban J connectivity index is 1.31. The summed E-state index contributed by atoms with van der Waals surface area (Å²) in [7, 11) is 1.70. The molecule has 2 aromatic carbocycles. The molecule has 0 spiro atoms. The highest BCUT2D eigenvalue weighted by Crippen LogP contribution is 2.26. The van der Waals surface area contributed by atoms with Crippen molar-refractivity contribution in [2.24, 2.45) is 0 Å². The van der Waals surface area contributed by atoms with Gasteiger partial charge < -0.3 is 20.3 Å². The molecule has 2 aromatic heterocycles. The number of benzene rings is 2. The number of carbonyl (C=O) groups is 1. The van der Waals surface area contributed by atoms with E-state index in [0.29, 0.717) is 40.8 Å². The fraction of sp³-hybridized carbons (Fsp3) is 0.259. The van der Waals surface area contributed by atoms with Crippen LogP contribution in [-0.4, -0.2) is 76.8 Å². The third-order valence-corrected chi connectivity index (χ3v) is 6.40. The van der Waals surface area contributed by atoms with Gasteiger partial charge in [0.2, 0.25) is 11.9 Å². The number of nitrogens with zero attached hydrogens (tertiary/aromatic N) is 6. The standard InChI is InChI=1S/C27H29FN8O2/c1-3-25(37)31-19-5-4-6-21(15-19)36-18-30-23-17-29-27(33-26(23)36)32-20-7-8-24(22(28)16-20)35-11-9-34(10-12-35)13-14-38-2/h3-8,15-18H,1,9-14H2,2H3,(H,31,37)(H,29,32,33). The second kappa shape index (κ2) is 11.4. The smallest absolute Gasteiger partial charge is 0.247 e. The van der Waals surface area contributed by atoms with Gasteiger partial charge in [-0.15, -0.1) is 0 Å². The van der Waals surface area contributed by atoms with E-state index in [1.54, 1.807) is 36.3 Å². The van der Waals surface area contributed by atoms with Crippen molar-refractivity contribution in [1.82, 2.24) is 24.4 Å². The Morgan fingerprint density at radius 3 is 2.74 bits per heavy atom. The van der Waals surface area contributed by atoms with Crippen LogP contribution in [0, 0.1) is 5.82 Å². The molecule has 0 aliphatic carbocycles. The third-order valence-electron chi connectivity index (χ3n) is 6.40. The van der Waals surface area contributed by atoms with E-state index >= 15 is 4.39 Å². The SMILES string of the molecule is C=CC(=O)Nc1cccc(-n2cnc3cnc(Nc4ccc(N5CCN(CCOC)CC5)c(F)c4)nc32)c1. The summed E-state index contributed by atoms with van der Waals surface area (Å²) in [5.41, 5.74) is 3.68. The summed E-state index contributed by atoms with van der Waals surface area (Å²) < 4.78 is 22.0. The molecule has 4 aromatic rings. The third kappa shape index (κ3) is 5.63. The summed E-state index contributed by atoms with van der Waals surface area (Å²) in [6, 6.07) is 12.4. The predicted octanol–water partition coefficient (Wildman–Crippen LogP) is 3.59. The maximum absolute atomic E-state index is 15.1. The van der Waals surface area contributed by atoms with Crippen molar-refractivity contribution < 1.29 is 13.9 Å². The van der Waals surface area contributed by atoms with Crippen LogP contribution in [0.5, 0.6) is 0 Å². The number of hydrogen-bond acceptors (Lipinski definition) is 8. The molecule has 10 nitrogen and oxygen atoms in total. The molecule has 11 heteroatoms. The number of imidazole rings is 1. The molecule has 0 radical (unpaired) electrons. The summed E-state index contributed by atoms with van der Waals surface area (Å²) in [6.45, 7) is 8.32. The summed E-state index contributed by atoms with van der Waals surface area (Å²) >= 11 is 0. The van der Waals surface area contributed by atoms with E-state index in [-0.39, 0.29) is 11.7 Å². The fourth-order valence-corrected chi connectivity index (χ4v) is 4.39. The van der Waals surface area contributed by atoms with E-state index in [0.717, 1.165) is 38.4 Å². The van der Waals surface area contributed by atoms with E-state index in [2.05, 4.69) is 42.0 Å². The molecule has 1 aliphatic rings. The van der Waals surface area contributed by atoms with Gasteiger partial charge in [-0.25, -0.2) is 14.4 Å². The van der Waals surface area contributed by atoms with E-state index in [4.69, 9.17) is 4.74 Å². The maximum Gasteiger partial charge on any atom is 0.247 e. The van der Waals surface area contributed by atoms with E-state index in [9.17, 15) is 4.79 Å². The van der Waals surface area contributed by atoms with Crippen molar-refractivity contribution >= 4 is 40.1 Å². The molecule has 1 amide bonds. The quantitative estimate of drug-likeness (QED) is 0.326. The molecule has 0 atom stereocenters. The zero-order chi connectivity index (χ0) is 26.5. The minimum absolute atomic E-state index is 0.297. The minimum atomic E-state index is -0.301. The first-order valence-electron chi connectivity index (χ1n) is 12.3. The lowest BCUT2D eigenvalue weighted by Crippen LogP contribution is -2.47. The van der Waals surface area contributed by atoms with Gasteiger partial charge in [-0.05, 0) is 42.5 Å². The van der Waals surface area contributed by atoms with Crippen LogP contribution in [0.25, 0.3) is 16.9 Å². The Morgan fingerprint density at radius 2 is 1.97 bits per heavy atom. The van der Waals surface area contributed by atoms with Crippen LogP contribution in [-0.2, 0) is 9.53 Å². The van der Waals surface area contributed by atoms with Crippen LogP contribution in [0.1, 0.15) is 0 Å². The molecule has 0 saturated carbocycles. The number of fused-ring (bicyclic) bond motifs is 1. The number of hydrogen-bond donors (Lipinski definition) is 2. The largest absolute Gasteiger partial charge is 0.383 e. The number of rotatable bonds is 9. The van der Waals surface area contributed by atoms with Crippen LogP contribution in [0.3, 0.4) is 0 Å². The first-order chi connectivity index (χ1) is 18.5. The number of halogens is 1. The number of piperazine rings is 1. The van der Waals surface area contributed by atoms with Gasteiger partial charge >= 0.3 is 0 Å². The average Bonchev–Trinajstić information content (AvgIpc) is 3.36. The van der Waals surface area contributed by atoms with Crippen molar-refractivity contribution in [3.8, 4) is 5.69 Å². The Kier molecular flexibility index (Phi) is 7.57. The predicted molar refractivity (Wildman–Crippen MR) is 146 cm³/mol. The first kappa shape index (κ1) is 25.3. The molecule has 1 saturated heterocycles. The molecular formula is C27H29FN8O2. The Morgan fingerprint density at radius 1 is 1.13 bits per heavy atom. The van der Waals surface area contributed by atoms with Gasteiger partial charge in [-0.2, -0.15) is 4.98 Å². The second-order valence-corrected chi connectivity index (χ2v) is 8.87. The van der Waals surface area contributed by atoms with Crippen LogP contribution >= 0.6 is 0 Å². The number of nitrogens with one attached hydrogen (secondary N) is 2. The number of anilines is 4. The number of methoxy groups -OCH3 is 1. The molecule has 0 bridgehead atoms. The molecule has 196 valence electrons. The van der Waals surface area contributed by atoms with Gasteiger partial charge in [0.15, 0.2) is 5.65 Å². The van der Waals surface area contributed by atoms with Gasteiger partial charge in [0.25, 0.3) is 0 Å². The Labute approximate surface area is 219 Å². The Hall–Kier alpha value is -4.35. The topological polar surface area (TPSA) is 100 Å². The van der Waals surface area contributed by atoms with Gasteiger partial charge in [-0.3, -0.25) is 14.3 Å². The summed E-state index contributed by atoms with van der Waals surface area (Å²) in [5.74, 6) is -0.284. The summed E-state index contributed by atoms with van der Waals surface area (Å²) in [6.07, 6.45) is 4.46. The van der Waals surface area contributed by atoms with Gasteiger partial charge in [0.05, 0.1) is 24.2 Å². The number of carbonyl (C=O) groups excluding carboxylic acids is 1. The molecule has 0 unspecified atom stereocenters. The lowest BCUT2D eigenvalue weighted by Gasteiger charge is -2.36. The Bertz CT molecular complexity index is 1450. The molecule has 38 heavy (non-hydrogen) atoms. The number of amides is 1. The number of ether oxygens (including phenoxy) is 1. The highest BCUT2D eigenvalue weighted by molar-refractivity contribution is 5.99. The normalized spacial score (nSPS) is 14.0. The average molecular weight is 517 g/mol. The zero-order valence-electron chi connectivity index (χ0n) is 21.1. The molecule has 3 heterocycles. The van der Waals surface area contributed by atoms with Crippen molar-refractivity contribution in [3.05, 3.63) is 73.5 Å². The lowest BCUT2D eigenvalue weighted by molar-refractivity contribution is -0.111. The molecule has 5 rings (SSSR count). The summed E-state index contributed by atoms with van der Waals surface area (Å²) in [5, 5.41) is 5.85. The maximum atomic E-state index is 15.1. The van der Waals surface area contributed by atoms with Crippen LogP contribution in [0.15, 0.2) is 67.6 Å². The molecule has 1 aliphatic heterocycles. The van der Waals surface area contributed by atoms with Crippen molar-refractivity contribution in [2.75, 3.05) is 62.0 Å². The van der Waals surface area contributed by atoms with Crippen molar-refractivity contribution in [1.29, 1.82) is 0 Å². The monoisotopic (exact) mass is 516 g/mol. The van der Waals surface area contributed by atoms with Gasteiger partial charge in [-0.1, -0.05) is 12.6 Å². The van der Waals surface area contributed by atoms with Crippen LogP contribution < -0.4 is 15.5 Å². The highest BCUT2D eigenvalue weighted by atomic mass is 19.1. The second-order valence-electron chi connectivity index (χ2n) is 8.87. The van der Waals surface area contributed by atoms with E-state index in [1.165, 1.54) is 12.1 Å². The van der Waals surface area contributed by atoms with E-state index in [1.807, 2.05) is 24.3 Å². The first-order valence-corrected chi connectivity index (χ1v) is 12.3. The van der Waals surface area contributed by atoms with E-state index < -0.39 is 0 Å². The minimum Gasteiger partial charge on any atom is -0.383 e. The van der Waals surface area contributed by atoms with Crippen LogP contribution in [0.4, 0.5) is 27.4 Å². The van der Waals surface area contributed by atoms with Crippen molar-refractivity contribution in [2.45, 2.75) is 0 Å². The molecule has 2 N–H and O–H groups in total.